The minimum Gasteiger partial charge on any atom is -0.354 e. The Bertz CT molecular complexity index is 917. The van der Waals surface area contributed by atoms with E-state index in [0.29, 0.717) is 31.1 Å². The fourth-order valence-corrected chi connectivity index (χ4v) is 3.18. The lowest BCUT2D eigenvalue weighted by molar-refractivity contribution is 0.0729. The smallest absolute Gasteiger partial charge is 0.274 e. The van der Waals surface area contributed by atoms with E-state index in [9.17, 15) is 4.79 Å². The van der Waals surface area contributed by atoms with E-state index in [1.807, 2.05) is 64.3 Å². The van der Waals surface area contributed by atoms with Gasteiger partial charge in [-0.1, -0.05) is 18.2 Å². The molecule has 2 aromatic heterocycles. The van der Waals surface area contributed by atoms with E-state index in [1.165, 1.54) is 0 Å². The second kappa shape index (κ2) is 8.18. The first-order valence-electron chi connectivity index (χ1n) is 9.33. The van der Waals surface area contributed by atoms with Crippen LogP contribution in [-0.4, -0.2) is 63.8 Å². The van der Waals surface area contributed by atoms with E-state index in [-0.39, 0.29) is 5.91 Å². The zero-order valence-corrected chi connectivity index (χ0v) is 15.8. The molecule has 8 heteroatoms. The van der Waals surface area contributed by atoms with Crippen LogP contribution in [0.15, 0.2) is 55.1 Å². The molecule has 0 atom stereocenters. The maximum absolute atomic E-state index is 12.5. The Hall–Kier alpha value is -3.26. The third-order valence-electron chi connectivity index (χ3n) is 4.73. The summed E-state index contributed by atoms with van der Waals surface area (Å²) in [5.41, 5.74) is 2.47. The molecule has 0 aliphatic carbocycles. The number of hydrogen-bond acceptors (Lipinski definition) is 6. The number of hydrogen-bond donors (Lipinski definition) is 1. The van der Waals surface area contributed by atoms with Crippen molar-refractivity contribution in [1.29, 1.82) is 0 Å². The molecular weight excluding hydrogens is 354 g/mol. The van der Waals surface area contributed by atoms with Crippen molar-refractivity contribution >= 4 is 11.7 Å². The van der Waals surface area contributed by atoms with Crippen molar-refractivity contribution in [2.45, 2.75) is 6.54 Å². The van der Waals surface area contributed by atoms with E-state index >= 15 is 0 Å². The Morgan fingerprint density at radius 3 is 2.61 bits per heavy atom. The molecule has 3 aromatic rings. The van der Waals surface area contributed by atoms with Gasteiger partial charge in [-0.05, 0) is 12.1 Å². The van der Waals surface area contributed by atoms with E-state index in [4.69, 9.17) is 0 Å². The summed E-state index contributed by atoms with van der Waals surface area (Å²) >= 11 is 0. The quantitative estimate of drug-likeness (QED) is 0.723. The molecule has 0 radical (unpaired) electrons. The number of piperazine rings is 1. The molecule has 1 aromatic carbocycles. The van der Waals surface area contributed by atoms with Gasteiger partial charge in [-0.25, -0.2) is 14.6 Å². The summed E-state index contributed by atoms with van der Waals surface area (Å²) < 4.78 is 1.85. The first-order chi connectivity index (χ1) is 13.7. The number of carbonyl (C=O) groups excluding carboxylic acids is 1. The minimum atomic E-state index is -0.0626. The van der Waals surface area contributed by atoms with Crippen LogP contribution >= 0.6 is 0 Å². The maximum Gasteiger partial charge on any atom is 0.274 e. The zero-order valence-electron chi connectivity index (χ0n) is 15.8. The lowest BCUT2D eigenvalue weighted by Gasteiger charge is -2.27. The van der Waals surface area contributed by atoms with Crippen LogP contribution in [0.1, 0.15) is 16.1 Å². The van der Waals surface area contributed by atoms with Crippen LogP contribution in [-0.2, 0) is 6.54 Å². The Morgan fingerprint density at radius 1 is 1.11 bits per heavy atom. The van der Waals surface area contributed by atoms with Crippen LogP contribution in [0.2, 0.25) is 0 Å². The number of para-hydroxylation sites is 1. The minimum absolute atomic E-state index is 0.0626. The average molecular weight is 377 g/mol. The molecule has 1 aliphatic rings. The van der Waals surface area contributed by atoms with Gasteiger partial charge in [-0.15, -0.1) is 0 Å². The fourth-order valence-electron chi connectivity index (χ4n) is 3.18. The molecule has 4 rings (SSSR count). The lowest BCUT2D eigenvalue weighted by Crippen LogP contribution is -2.46. The van der Waals surface area contributed by atoms with Crippen LogP contribution in [0.4, 0.5) is 5.82 Å². The highest BCUT2D eigenvalue weighted by Crippen LogP contribution is 2.14. The molecule has 1 amide bonds. The van der Waals surface area contributed by atoms with Gasteiger partial charge in [0.05, 0.1) is 24.3 Å². The predicted molar refractivity (Wildman–Crippen MR) is 106 cm³/mol. The average Bonchev–Trinajstić information content (AvgIpc) is 3.23. The van der Waals surface area contributed by atoms with Crippen molar-refractivity contribution in [3.63, 3.8) is 0 Å². The third kappa shape index (κ3) is 4.01. The van der Waals surface area contributed by atoms with Crippen LogP contribution in [0, 0.1) is 0 Å². The van der Waals surface area contributed by atoms with Crippen molar-refractivity contribution in [3.05, 3.63) is 66.4 Å². The highest BCUT2D eigenvalue weighted by molar-refractivity contribution is 5.92. The van der Waals surface area contributed by atoms with Crippen molar-refractivity contribution in [2.75, 3.05) is 38.1 Å². The zero-order chi connectivity index (χ0) is 19.3. The lowest BCUT2D eigenvalue weighted by atomic mass is 10.3. The van der Waals surface area contributed by atoms with Crippen LogP contribution in [0.25, 0.3) is 5.69 Å². The van der Waals surface area contributed by atoms with Gasteiger partial charge in [0.25, 0.3) is 5.91 Å². The summed E-state index contributed by atoms with van der Waals surface area (Å²) in [7, 11) is 1.95. The topological polar surface area (TPSA) is 79.2 Å². The van der Waals surface area contributed by atoms with Crippen molar-refractivity contribution in [1.82, 2.24) is 30.0 Å². The Kier molecular flexibility index (Phi) is 5.29. The fraction of sp³-hybridized carbons (Fsp3) is 0.300. The number of nitrogens with zero attached hydrogens (tertiary/aromatic N) is 6. The normalized spacial score (nSPS) is 14.1. The van der Waals surface area contributed by atoms with Gasteiger partial charge in [-0.3, -0.25) is 4.79 Å². The highest BCUT2D eigenvalue weighted by Gasteiger charge is 2.19. The van der Waals surface area contributed by atoms with Crippen molar-refractivity contribution in [2.24, 2.45) is 0 Å². The van der Waals surface area contributed by atoms with Gasteiger partial charge in [0, 0.05) is 51.5 Å². The molecule has 0 bridgehead atoms. The number of carbonyl (C=O) groups is 1. The van der Waals surface area contributed by atoms with Gasteiger partial charge >= 0.3 is 0 Å². The molecule has 0 unspecified atom stereocenters. The number of aromatic nitrogens is 4. The number of anilines is 1. The molecule has 0 spiro atoms. The van der Waals surface area contributed by atoms with Crippen molar-refractivity contribution < 1.29 is 4.79 Å². The summed E-state index contributed by atoms with van der Waals surface area (Å²) in [6.07, 6.45) is 7.06. The van der Waals surface area contributed by atoms with Crippen molar-refractivity contribution in [3.8, 4) is 5.69 Å². The number of rotatable bonds is 5. The maximum atomic E-state index is 12.5. The molecule has 1 saturated heterocycles. The highest BCUT2D eigenvalue weighted by atomic mass is 16.2. The predicted octanol–water partition coefficient (Wildman–Crippen LogP) is 1.34. The van der Waals surface area contributed by atoms with Crippen LogP contribution in [0.3, 0.4) is 0 Å². The molecule has 1 aliphatic heterocycles. The van der Waals surface area contributed by atoms with Gasteiger partial charge < -0.3 is 15.1 Å². The van der Waals surface area contributed by atoms with E-state index in [0.717, 1.165) is 24.3 Å². The first kappa shape index (κ1) is 18.1. The molecule has 0 saturated carbocycles. The molecular formula is C20H23N7O. The summed E-state index contributed by atoms with van der Waals surface area (Å²) in [5, 5.41) is 7.66. The number of nitrogens with one attached hydrogen (secondary N) is 1. The SMILES string of the molecule is CN(Cc1cnn(-c2ccccc2)c1)c1cnc(C(=O)N2CCNCC2)cn1. The standard InChI is InChI=1S/C20H23N7O/c1-25(14-16-11-24-27(15-16)17-5-3-2-4-6-17)19-13-22-18(12-23-19)20(28)26-9-7-21-8-10-26/h2-6,11-13,15,21H,7-10,14H2,1H3. The second-order valence-corrected chi connectivity index (χ2v) is 6.79. The summed E-state index contributed by atoms with van der Waals surface area (Å²) in [5.74, 6) is 0.650. The molecule has 28 heavy (non-hydrogen) atoms. The summed E-state index contributed by atoms with van der Waals surface area (Å²) in [6, 6.07) is 9.99. The monoisotopic (exact) mass is 377 g/mol. The van der Waals surface area contributed by atoms with Gasteiger partial charge in [0.1, 0.15) is 11.5 Å². The number of benzene rings is 1. The molecule has 144 valence electrons. The van der Waals surface area contributed by atoms with E-state index in [2.05, 4.69) is 20.4 Å². The third-order valence-corrected chi connectivity index (χ3v) is 4.73. The van der Waals surface area contributed by atoms with Gasteiger partial charge in [0.15, 0.2) is 0 Å². The molecule has 8 nitrogen and oxygen atoms in total. The Labute approximate surface area is 163 Å². The van der Waals surface area contributed by atoms with E-state index < -0.39 is 0 Å². The first-order valence-corrected chi connectivity index (χ1v) is 9.33. The summed E-state index contributed by atoms with van der Waals surface area (Å²) in [6.45, 7) is 3.68. The molecule has 1 fully saturated rings. The van der Waals surface area contributed by atoms with E-state index in [1.54, 1.807) is 12.4 Å². The Balaban J connectivity index is 1.40. The molecule has 1 N–H and O–H groups in total. The van der Waals surface area contributed by atoms with Crippen LogP contribution in [0.5, 0.6) is 0 Å². The largest absolute Gasteiger partial charge is 0.354 e. The van der Waals surface area contributed by atoms with Gasteiger partial charge in [-0.2, -0.15) is 5.10 Å². The second-order valence-electron chi connectivity index (χ2n) is 6.79. The van der Waals surface area contributed by atoms with Gasteiger partial charge in [0.2, 0.25) is 0 Å². The Morgan fingerprint density at radius 2 is 1.89 bits per heavy atom. The number of amides is 1. The molecule has 3 heterocycles. The summed E-state index contributed by atoms with van der Waals surface area (Å²) in [4.78, 5) is 25.0. The van der Waals surface area contributed by atoms with Crippen LogP contribution < -0.4 is 10.2 Å².